The molecule has 2 aromatic carbocycles. The number of nitrogens with zero attached hydrogens (tertiary/aromatic N) is 4. The van der Waals surface area contributed by atoms with E-state index in [4.69, 9.17) is 9.47 Å². The van der Waals surface area contributed by atoms with Gasteiger partial charge in [-0.2, -0.15) is 9.97 Å². The molecule has 1 saturated heterocycles. The van der Waals surface area contributed by atoms with Crippen molar-refractivity contribution in [3.63, 3.8) is 0 Å². The molecule has 1 atom stereocenters. The second-order valence-corrected chi connectivity index (χ2v) is 8.91. The third kappa shape index (κ3) is 5.17. The zero-order chi connectivity index (χ0) is 22.5. The molecule has 1 unspecified atom stereocenters. The van der Waals surface area contributed by atoms with E-state index in [1.807, 2.05) is 52.8 Å². The van der Waals surface area contributed by atoms with Crippen molar-refractivity contribution in [3.05, 3.63) is 60.2 Å². The molecule has 1 aliphatic rings. The summed E-state index contributed by atoms with van der Waals surface area (Å²) in [4.78, 5) is 12.1. The summed E-state index contributed by atoms with van der Waals surface area (Å²) in [5.74, 6) is 2.50. The molecule has 4 rings (SSSR count). The molecule has 3 aromatic rings. The van der Waals surface area contributed by atoms with Crippen molar-refractivity contribution in [3.8, 4) is 11.6 Å². The number of hydrogen-bond donors (Lipinski definition) is 1. The summed E-state index contributed by atoms with van der Waals surface area (Å²) < 4.78 is 25.5. The highest BCUT2D eigenvalue weighted by Gasteiger charge is 2.24. The number of aryl methyl sites for hydroxylation is 1. The number of anilines is 3. The lowest BCUT2D eigenvalue weighted by Gasteiger charge is -2.33. The smallest absolute Gasteiger partial charge is 0.230 e. The van der Waals surface area contributed by atoms with Crippen molar-refractivity contribution in [2.24, 2.45) is 0 Å². The van der Waals surface area contributed by atoms with Crippen LogP contribution in [-0.2, 0) is 11.0 Å². The van der Waals surface area contributed by atoms with Crippen molar-refractivity contribution in [2.45, 2.75) is 11.8 Å². The first-order valence-electron chi connectivity index (χ1n) is 10.4. The molecule has 1 aromatic heterocycles. The number of ether oxygens (including phenoxy) is 2. The molecule has 0 bridgehead atoms. The molecule has 32 heavy (non-hydrogen) atoms. The van der Waals surface area contributed by atoms with E-state index in [1.165, 1.54) is 5.56 Å². The number of nitrogens with one attached hydrogen (secondary N) is 1. The zero-order valence-electron chi connectivity index (χ0n) is 18.4. The second kappa shape index (κ2) is 9.97. The first-order valence-corrected chi connectivity index (χ1v) is 11.5. The molecule has 168 valence electrons. The van der Waals surface area contributed by atoms with Gasteiger partial charge in [0.15, 0.2) is 0 Å². The molecule has 0 spiro atoms. The predicted molar refractivity (Wildman–Crippen MR) is 126 cm³/mol. The van der Waals surface area contributed by atoms with Crippen LogP contribution >= 0.6 is 0 Å². The summed E-state index contributed by atoms with van der Waals surface area (Å²) in [7, 11) is 2.00. The van der Waals surface area contributed by atoms with Gasteiger partial charge >= 0.3 is 0 Å². The molecular weight excluding hydrogens is 426 g/mol. The Morgan fingerprint density at radius 3 is 2.22 bits per heavy atom. The highest BCUT2D eigenvalue weighted by atomic mass is 32.2. The SMILES string of the molecule is COc1ccc(S(=O)N2CCN(c3nc(Nc4ccc(C)cc4)cc(OC)n3)CC2)cc1. The minimum absolute atomic E-state index is 0.494. The third-order valence-corrected chi connectivity index (χ3v) is 6.75. The van der Waals surface area contributed by atoms with Crippen LogP contribution < -0.4 is 19.7 Å². The van der Waals surface area contributed by atoms with Crippen LogP contribution in [0, 0.1) is 6.92 Å². The Labute approximate surface area is 190 Å². The molecule has 9 heteroatoms. The number of hydrogen-bond acceptors (Lipinski definition) is 7. The monoisotopic (exact) mass is 453 g/mol. The van der Waals surface area contributed by atoms with Crippen LogP contribution in [0.4, 0.5) is 17.5 Å². The number of methoxy groups -OCH3 is 2. The Balaban J connectivity index is 1.44. The van der Waals surface area contributed by atoms with Gasteiger partial charge in [-0.25, -0.2) is 8.51 Å². The molecular formula is C23H27N5O3S. The fraction of sp³-hybridized carbons (Fsp3) is 0.304. The van der Waals surface area contributed by atoms with E-state index in [2.05, 4.69) is 27.1 Å². The molecule has 1 fully saturated rings. The maximum atomic E-state index is 12.9. The highest BCUT2D eigenvalue weighted by Crippen LogP contribution is 2.24. The van der Waals surface area contributed by atoms with Crippen molar-refractivity contribution in [1.29, 1.82) is 0 Å². The summed E-state index contributed by atoms with van der Waals surface area (Å²) in [6.45, 7) is 4.66. The van der Waals surface area contributed by atoms with Gasteiger partial charge in [-0.1, -0.05) is 17.7 Å². The van der Waals surface area contributed by atoms with Crippen molar-refractivity contribution in [1.82, 2.24) is 14.3 Å². The fourth-order valence-electron chi connectivity index (χ4n) is 3.40. The van der Waals surface area contributed by atoms with Crippen LogP contribution in [0.15, 0.2) is 59.5 Å². The van der Waals surface area contributed by atoms with Gasteiger partial charge in [-0.05, 0) is 43.3 Å². The van der Waals surface area contributed by atoms with Gasteiger partial charge in [0.1, 0.15) is 22.6 Å². The Bertz CT molecular complexity index is 1070. The van der Waals surface area contributed by atoms with Gasteiger partial charge in [0.25, 0.3) is 0 Å². The van der Waals surface area contributed by atoms with Gasteiger partial charge in [-0.3, -0.25) is 0 Å². The molecule has 0 saturated carbocycles. The van der Waals surface area contributed by atoms with Crippen LogP contribution in [0.25, 0.3) is 0 Å². The van der Waals surface area contributed by atoms with Gasteiger partial charge < -0.3 is 19.7 Å². The number of piperazine rings is 1. The predicted octanol–water partition coefficient (Wildman–Crippen LogP) is 3.39. The Morgan fingerprint density at radius 1 is 0.906 bits per heavy atom. The lowest BCUT2D eigenvalue weighted by Crippen LogP contribution is -2.47. The van der Waals surface area contributed by atoms with Gasteiger partial charge in [0, 0.05) is 37.9 Å². The minimum atomic E-state index is -1.22. The van der Waals surface area contributed by atoms with E-state index < -0.39 is 11.0 Å². The fourth-order valence-corrected chi connectivity index (χ4v) is 4.56. The maximum absolute atomic E-state index is 12.9. The van der Waals surface area contributed by atoms with Crippen molar-refractivity contribution >= 4 is 28.4 Å². The molecule has 0 amide bonds. The second-order valence-electron chi connectivity index (χ2n) is 7.43. The van der Waals surface area contributed by atoms with Crippen LogP contribution in [0.1, 0.15) is 5.56 Å². The van der Waals surface area contributed by atoms with E-state index in [-0.39, 0.29) is 0 Å². The Kier molecular flexibility index (Phi) is 6.87. The lowest BCUT2D eigenvalue weighted by atomic mass is 10.2. The van der Waals surface area contributed by atoms with Gasteiger partial charge in [-0.15, -0.1) is 0 Å². The van der Waals surface area contributed by atoms with E-state index >= 15 is 0 Å². The number of benzene rings is 2. The average Bonchev–Trinajstić information content (AvgIpc) is 2.85. The summed E-state index contributed by atoms with van der Waals surface area (Å²) >= 11 is 0. The standard InChI is InChI=1S/C23H27N5O3S/c1-17-4-6-18(7-5-17)24-21-16-22(31-3)26-23(25-21)27-12-14-28(15-13-27)32(29)20-10-8-19(30-2)9-11-20/h4-11,16H,12-15H2,1-3H3,(H,24,25,26). The molecule has 8 nitrogen and oxygen atoms in total. The lowest BCUT2D eigenvalue weighted by molar-refractivity contribution is 0.390. The first-order chi connectivity index (χ1) is 15.6. The van der Waals surface area contributed by atoms with Crippen LogP contribution in [0.5, 0.6) is 11.6 Å². The quantitative estimate of drug-likeness (QED) is 0.587. The topological polar surface area (TPSA) is 79.8 Å². The van der Waals surface area contributed by atoms with E-state index in [0.29, 0.717) is 43.8 Å². The largest absolute Gasteiger partial charge is 0.497 e. The van der Waals surface area contributed by atoms with Gasteiger partial charge in [0.05, 0.1) is 19.1 Å². The summed E-state index contributed by atoms with van der Waals surface area (Å²) in [6, 6.07) is 17.2. The summed E-state index contributed by atoms with van der Waals surface area (Å²) in [6.07, 6.45) is 0. The summed E-state index contributed by atoms with van der Waals surface area (Å²) in [5, 5.41) is 3.32. The zero-order valence-corrected chi connectivity index (χ0v) is 19.3. The van der Waals surface area contributed by atoms with Crippen molar-refractivity contribution in [2.75, 3.05) is 50.6 Å². The van der Waals surface area contributed by atoms with E-state index in [9.17, 15) is 4.21 Å². The van der Waals surface area contributed by atoms with E-state index in [1.54, 1.807) is 20.3 Å². The normalized spacial score (nSPS) is 15.3. The Morgan fingerprint density at radius 2 is 1.59 bits per heavy atom. The molecule has 2 heterocycles. The minimum Gasteiger partial charge on any atom is -0.497 e. The number of aromatic nitrogens is 2. The summed E-state index contributed by atoms with van der Waals surface area (Å²) in [5.41, 5.74) is 2.14. The first kappa shape index (κ1) is 22.0. The molecule has 1 N–H and O–H groups in total. The maximum Gasteiger partial charge on any atom is 0.230 e. The van der Waals surface area contributed by atoms with Crippen LogP contribution in [0.2, 0.25) is 0 Å². The molecule has 0 aliphatic carbocycles. The van der Waals surface area contributed by atoms with Crippen LogP contribution in [0.3, 0.4) is 0 Å². The molecule has 0 radical (unpaired) electrons. The van der Waals surface area contributed by atoms with Gasteiger partial charge in [0.2, 0.25) is 11.8 Å². The molecule has 1 aliphatic heterocycles. The third-order valence-electron chi connectivity index (χ3n) is 5.24. The highest BCUT2D eigenvalue weighted by molar-refractivity contribution is 7.82. The van der Waals surface area contributed by atoms with E-state index in [0.717, 1.165) is 16.3 Å². The average molecular weight is 454 g/mol. The van der Waals surface area contributed by atoms with Crippen LogP contribution in [-0.4, -0.2) is 58.9 Å². The Hall–Kier alpha value is -3.17. The van der Waals surface area contributed by atoms with Crippen molar-refractivity contribution < 1.29 is 13.7 Å². The number of rotatable bonds is 7.